The van der Waals surface area contributed by atoms with Gasteiger partial charge in [-0.3, -0.25) is 4.99 Å². The van der Waals surface area contributed by atoms with Crippen LogP contribution in [-0.4, -0.2) is 44.1 Å². The molecule has 1 heterocycles. The summed E-state index contributed by atoms with van der Waals surface area (Å²) in [5, 5.41) is 3.32. The van der Waals surface area contributed by atoms with Gasteiger partial charge in [0.15, 0.2) is 5.96 Å². The first-order valence-corrected chi connectivity index (χ1v) is 7.98. The van der Waals surface area contributed by atoms with Crippen molar-refractivity contribution in [2.24, 2.45) is 4.99 Å². The summed E-state index contributed by atoms with van der Waals surface area (Å²) in [6, 6.07) is 3.79. The molecule has 1 aromatic heterocycles. The van der Waals surface area contributed by atoms with E-state index in [4.69, 9.17) is 9.15 Å². The Bertz CT molecular complexity index is 416. The molecule has 5 heteroatoms. The molecule has 0 saturated heterocycles. The molecule has 0 aliphatic rings. The maximum Gasteiger partial charge on any atom is 0.193 e. The molecule has 0 aliphatic heterocycles. The maximum absolute atomic E-state index is 5.55. The Morgan fingerprint density at radius 1 is 1.50 bits per heavy atom. The van der Waals surface area contributed by atoms with E-state index in [2.05, 4.69) is 35.8 Å². The minimum Gasteiger partial charge on any atom is -0.467 e. The number of guanidine groups is 1. The first-order chi connectivity index (χ1) is 10.8. The molecule has 1 aromatic rings. The lowest BCUT2D eigenvalue weighted by atomic mass is 10.3. The van der Waals surface area contributed by atoms with E-state index in [-0.39, 0.29) is 0 Å². The van der Waals surface area contributed by atoms with Gasteiger partial charge < -0.3 is 19.4 Å². The number of allylic oxidation sites excluding steroid dienone is 1. The molecule has 0 atom stereocenters. The molecule has 0 bridgehead atoms. The summed E-state index contributed by atoms with van der Waals surface area (Å²) >= 11 is 0. The van der Waals surface area contributed by atoms with E-state index in [9.17, 15) is 0 Å². The van der Waals surface area contributed by atoms with E-state index in [1.54, 1.807) is 6.26 Å². The van der Waals surface area contributed by atoms with E-state index in [0.717, 1.165) is 50.6 Å². The van der Waals surface area contributed by atoms with Crippen LogP contribution in [0.1, 0.15) is 31.9 Å². The first-order valence-electron chi connectivity index (χ1n) is 7.98. The Kier molecular flexibility index (Phi) is 9.87. The Labute approximate surface area is 134 Å². The summed E-state index contributed by atoms with van der Waals surface area (Å²) in [4.78, 5) is 6.79. The van der Waals surface area contributed by atoms with Crippen molar-refractivity contribution in [3.8, 4) is 0 Å². The Balaban J connectivity index is 2.21. The van der Waals surface area contributed by atoms with Crippen molar-refractivity contribution in [3.63, 3.8) is 0 Å². The van der Waals surface area contributed by atoms with Crippen molar-refractivity contribution in [3.05, 3.63) is 36.8 Å². The van der Waals surface area contributed by atoms with Crippen molar-refractivity contribution < 1.29 is 9.15 Å². The summed E-state index contributed by atoms with van der Waals surface area (Å²) in [5.74, 6) is 1.82. The van der Waals surface area contributed by atoms with Crippen molar-refractivity contribution in [2.75, 3.05) is 33.3 Å². The zero-order valence-electron chi connectivity index (χ0n) is 13.9. The van der Waals surface area contributed by atoms with Crippen LogP contribution in [0, 0.1) is 0 Å². The molecule has 0 amide bonds. The van der Waals surface area contributed by atoms with Gasteiger partial charge in [0.25, 0.3) is 0 Å². The third-order valence-electron chi connectivity index (χ3n) is 3.13. The van der Waals surface area contributed by atoms with E-state index >= 15 is 0 Å². The van der Waals surface area contributed by atoms with Crippen molar-refractivity contribution in [1.82, 2.24) is 10.2 Å². The van der Waals surface area contributed by atoms with Gasteiger partial charge >= 0.3 is 0 Å². The predicted molar refractivity (Wildman–Crippen MR) is 91.0 cm³/mol. The van der Waals surface area contributed by atoms with E-state index in [0.29, 0.717) is 13.2 Å². The third kappa shape index (κ3) is 7.88. The average molecular weight is 307 g/mol. The fourth-order valence-corrected chi connectivity index (χ4v) is 1.97. The van der Waals surface area contributed by atoms with Gasteiger partial charge in [0.2, 0.25) is 0 Å². The van der Waals surface area contributed by atoms with Crippen LogP contribution in [0.25, 0.3) is 0 Å². The van der Waals surface area contributed by atoms with Gasteiger partial charge in [-0.05, 0) is 38.3 Å². The Morgan fingerprint density at radius 2 is 2.36 bits per heavy atom. The molecule has 1 N–H and O–H groups in total. The number of unbranched alkanes of at least 4 members (excludes halogenated alkanes) is 1. The highest BCUT2D eigenvalue weighted by Gasteiger charge is 2.04. The number of ether oxygens (including phenoxy) is 1. The minimum atomic E-state index is 0.526. The SMILES string of the molecule is C=CCCCN(C)C(=NCCCOCc1ccco1)NCC. The second-order valence-corrected chi connectivity index (χ2v) is 5.07. The predicted octanol–water partition coefficient (Wildman–Crippen LogP) is 3.05. The molecule has 0 saturated carbocycles. The molecule has 0 spiro atoms. The van der Waals surface area contributed by atoms with Gasteiger partial charge in [-0.15, -0.1) is 6.58 Å². The minimum absolute atomic E-state index is 0.526. The van der Waals surface area contributed by atoms with Gasteiger partial charge in [0.1, 0.15) is 12.4 Å². The average Bonchev–Trinajstić information content (AvgIpc) is 3.03. The Morgan fingerprint density at radius 3 is 3.05 bits per heavy atom. The van der Waals surface area contributed by atoms with Gasteiger partial charge in [0, 0.05) is 33.3 Å². The molecule has 0 fully saturated rings. The number of hydrogen-bond donors (Lipinski definition) is 1. The monoisotopic (exact) mass is 307 g/mol. The topological polar surface area (TPSA) is 50.0 Å². The fourth-order valence-electron chi connectivity index (χ4n) is 1.97. The number of nitrogens with one attached hydrogen (secondary N) is 1. The van der Waals surface area contributed by atoms with Crippen LogP contribution in [-0.2, 0) is 11.3 Å². The van der Waals surface area contributed by atoms with Crippen LogP contribution in [0.15, 0.2) is 40.5 Å². The van der Waals surface area contributed by atoms with Crippen LogP contribution in [0.2, 0.25) is 0 Å². The number of nitrogens with zero attached hydrogens (tertiary/aromatic N) is 2. The second kappa shape index (κ2) is 11.9. The molecule has 1 rings (SSSR count). The molecule has 0 aromatic carbocycles. The zero-order valence-corrected chi connectivity index (χ0v) is 13.9. The summed E-state index contributed by atoms with van der Waals surface area (Å²) in [5.41, 5.74) is 0. The van der Waals surface area contributed by atoms with Gasteiger partial charge in [-0.25, -0.2) is 0 Å². The molecule has 124 valence electrons. The van der Waals surface area contributed by atoms with Crippen LogP contribution >= 0.6 is 0 Å². The zero-order chi connectivity index (χ0) is 16.0. The summed E-state index contributed by atoms with van der Waals surface area (Å²) < 4.78 is 10.8. The number of rotatable bonds is 11. The van der Waals surface area contributed by atoms with Crippen molar-refractivity contribution >= 4 is 5.96 Å². The van der Waals surface area contributed by atoms with Crippen LogP contribution < -0.4 is 5.32 Å². The lowest BCUT2D eigenvalue weighted by molar-refractivity contribution is 0.105. The summed E-state index contributed by atoms with van der Waals surface area (Å²) in [7, 11) is 2.07. The highest BCUT2D eigenvalue weighted by molar-refractivity contribution is 5.79. The molecule has 5 nitrogen and oxygen atoms in total. The van der Waals surface area contributed by atoms with E-state index in [1.165, 1.54) is 0 Å². The quantitative estimate of drug-likeness (QED) is 0.295. The lowest BCUT2D eigenvalue weighted by Crippen LogP contribution is -2.39. The van der Waals surface area contributed by atoms with Crippen molar-refractivity contribution in [1.29, 1.82) is 0 Å². The number of furan rings is 1. The first kappa shape index (κ1) is 18.3. The molecule has 22 heavy (non-hydrogen) atoms. The highest BCUT2D eigenvalue weighted by Crippen LogP contribution is 2.02. The maximum atomic E-state index is 5.55. The molecule has 0 unspecified atom stereocenters. The fraction of sp³-hybridized carbons (Fsp3) is 0.588. The number of hydrogen-bond acceptors (Lipinski definition) is 3. The smallest absolute Gasteiger partial charge is 0.193 e. The van der Waals surface area contributed by atoms with Crippen LogP contribution in [0.5, 0.6) is 0 Å². The largest absolute Gasteiger partial charge is 0.467 e. The van der Waals surface area contributed by atoms with E-state index < -0.39 is 0 Å². The number of aliphatic imine (C=N–C) groups is 1. The van der Waals surface area contributed by atoms with Crippen LogP contribution in [0.4, 0.5) is 0 Å². The van der Waals surface area contributed by atoms with Gasteiger partial charge in [-0.1, -0.05) is 6.08 Å². The summed E-state index contributed by atoms with van der Waals surface area (Å²) in [6.45, 7) is 9.65. The lowest BCUT2D eigenvalue weighted by Gasteiger charge is -2.21. The standard InChI is InChI=1S/C17H29N3O2/c1-4-6-7-12-20(3)17(18-5-2)19-11-9-13-21-15-16-10-8-14-22-16/h4,8,10,14H,1,5-7,9,11-13,15H2,2-3H3,(H,18,19). The van der Waals surface area contributed by atoms with Gasteiger partial charge in [-0.2, -0.15) is 0 Å². The molecule has 0 aliphatic carbocycles. The van der Waals surface area contributed by atoms with Crippen LogP contribution in [0.3, 0.4) is 0 Å². The normalized spacial score (nSPS) is 11.5. The molecule has 0 radical (unpaired) electrons. The molecular weight excluding hydrogens is 278 g/mol. The second-order valence-electron chi connectivity index (χ2n) is 5.07. The Hall–Kier alpha value is -1.75. The third-order valence-corrected chi connectivity index (χ3v) is 3.13. The van der Waals surface area contributed by atoms with Gasteiger partial charge in [0.05, 0.1) is 6.26 Å². The summed E-state index contributed by atoms with van der Waals surface area (Å²) in [6.07, 6.45) is 6.64. The van der Waals surface area contributed by atoms with E-state index in [1.807, 2.05) is 18.2 Å². The van der Waals surface area contributed by atoms with Crippen molar-refractivity contribution in [2.45, 2.75) is 32.8 Å². The highest BCUT2D eigenvalue weighted by atomic mass is 16.5. The molecular formula is C17H29N3O2.